The average molecular weight is 296 g/mol. The third-order valence-electron chi connectivity index (χ3n) is 2.86. The molecule has 8 heteroatoms. The number of hydrogen-bond donors (Lipinski definition) is 1. The van der Waals surface area contributed by atoms with Crippen LogP contribution < -0.4 is 0 Å². The number of carbonyl (C=O) groups excluding carboxylic acids is 2. The molecular weight excluding hydrogens is 284 g/mol. The van der Waals surface area contributed by atoms with Crippen LogP contribution in [-0.2, 0) is 4.74 Å². The largest absolute Gasteiger partial charge is 0.379 e. The second kappa shape index (κ2) is 6.02. The molecular formula is C12H12N2O5S. The van der Waals surface area contributed by atoms with Crippen LogP contribution in [0.4, 0.5) is 5.69 Å². The van der Waals surface area contributed by atoms with Gasteiger partial charge in [-0.2, -0.15) is 12.6 Å². The van der Waals surface area contributed by atoms with Gasteiger partial charge >= 0.3 is 0 Å². The molecule has 0 atom stereocenters. The van der Waals surface area contributed by atoms with Crippen LogP contribution in [0.1, 0.15) is 20.7 Å². The molecule has 20 heavy (non-hydrogen) atoms. The predicted molar refractivity (Wildman–Crippen MR) is 73.1 cm³/mol. The summed E-state index contributed by atoms with van der Waals surface area (Å²) in [6.45, 7) is 0.764. The van der Waals surface area contributed by atoms with Crippen molar-refractivity contribution in [3.63, 3.8) is 0 Å². The number of thiol groups is 1. The zero-order valence-corrected chi connectivity index (χ0v) is 11.3. The fourth-order valence-corrected chi connectivity index (χ4v) is 2.05. The summed E-state index contributed by atoms with van der Waals surface area (Å²) in [7, 11) is 0. The van der Waals surface area contributed by atoms with Crippen LogP contribution in [0.15, 0.2) is 18.2 Å². The predicted octanol–water partition coefficient (Wildman–Crippen LogP) is 1.14. The zero-order chi connectivity index (χ0) is 14.7. The van der Waals surface area contributed by atoms with Crippen molar-refractivity contribution in [2.45, 2.75) is 0 Å². The summed E-state index contributed by atoms with van der Waals surface area (Å²) in [5, 5.41) is 10.7. The fourth-order valence-electron chi connectivity index (χ4n) is 1.92. The summed E-state index contributed by atoms with van der Waals surface area (Å²) in [5.41, 5.74) is 0.0475. The van der Waals surface area contributed by atoms with Crippen molar-refractivity contribution in [3.05, 3.63) is 39.4 Å². The fraction of sp³-hybridized carbons (Fsp3) is 0.333. The van der Waals surface area contributed by atoms with Gasteiger partial charge < -0.3 is 4.74 Å². The highest BCUT2D eigenvalue weighted by Crippen LogP contribution is 2.26. The van der Waals surface area contributed by atoms with E-state index in [1.54, 1.807) is 0 Å². The lowest BCUT2D eigenvalue weighted by Crippen LogP contribution is -2.33. The lowest BCUT2D eigenvalue weighted by Gasteiger charge is -2.13. The van der Waals surface area contributed by atoms with Gasteiger partial charge in [-0.1, -0.05) is 0 Å². The quantitative estimate of drug-likeness (QED) is 0.279. The van der Waals surface area contributed by atoms with Crippen molar-refractivity contribution in [2.24, 2.45) is 0 Å². The summed E-state index contributed by atoms with van der Waals surface area (Å²) in [6, 6.07) is 3.65. The van der Waals surface area contributed by atoms with Crippen molar-refractivity contribution in [1.82, 2.24) is 4.90 Å². The third kappa shape index (κ3) is 2.66. The lowest BCUT2D eigenvalue weighted by molar-refractivity contribution is -0.384. The van der Waals surface area contributed by atoms with Gasteiger partial charge in [-0.05, 0) is 6.07 Å². The zero-order valence-electron chi connectivity index (χ0n) is 10.4. The Hall–Kier alpha value is -1.93. The van der Waals surface area contributed by atoms with E-state index in [9.17, 15) is 19.7 Å². The van der Waals surface area contributed by atoms with E-state index in [4.69, 9.17) is 4.74 Å². The molecule has 1 aliphatic heterocycles. The number of benzene rings is 1. The molecule has 1 aromatic carbocycles. The van der Waals surface area contributed by atoms with Gasteiger partial charge in [0.05, 0.1) is 35.8 Å². The number of amides is 2. The Balaban J connectivity index is 2.15. The lowest BCUT2D eigenvalue weighted by atomic mass is 10.1. The van der Waals surface area contributed by atoms with Gasteiger partial charge in [-0.15, -0.1) is 0 Å². The molecule has 7 nitrogen and oxygen atoms in total. The van der Waals surface area contributed by atoms with Gasteiger partial charge in [0.2, 0.25) is 0 Å². The molecule has 2 amide bonds. The van der Waals surface area contributed by atoms with Gasteiger partial charge in [-0.25, -0.2) is 0 Å². The molecule has 0 radical (unpaired) electrons. The molecule has 0 bridgehead atoms. The maximum absolute atomic E-state index is 12.1. The van der Waals surface area contributed by atoms with E-state index in [1.807, 2.05) is 0 Å². The topological polar surface area (TPSA) is 89.8 Å². The summed E-state index contributed by atoms with van der Waals surface area (Å²) < 4.78 is 5.17. The molecule has 0 saturated carbocycles. The van der Waals surface area contributed by atoms with Crippen molar-refractivity contribution in [1.29, 1.82) is 0 Å². The minimum atomic E-state index is -0.601. The van der Waals surface area contributed by atoms with E-state index >= 15 is 0 Å². The first-order valence-electron chi connectivity index (χ1n) is 5.89. The maximum atomic E-state index is 12.1. The molecule has 0 N–H and O–H groups in total. The summed E-state index contributed by atoms with van der Waals surface area (Å²) in [4.78, 5) is 35.2. The molecule has 2 rings (SSSR count). The molecule has 0 spiro atoms. The smallest absolute Gasteiger partial charge is 0.270 e. The van der Waals surface area contributed by atoms with E-state index < -0.39 is 16.7 Å². The number of hydrogen-bond acceptors (Lipinski definition) is 6. The van der Waals surface area contributed by atoms with Crippen molar-refractivity contribution in [2.75, 3.05) is 25.5 Å². The Morgan fingerprint density at radius 1 is 1.20 bits per heavy atom. The van der Waals surface area contributed by atoms with E-state index in [-0.39, 0.29) is 30.0 Å². The minimum Gasteiger partial charge on any atom is -0.379 e. The number of imide groups is 1. The van der Waals surface area contributed by atoms with Crippen molar-refractivity contribution >= 4 is 30.1 Å². The highest BCUT2D eigenvalue weighted by Gasteiger charge is 2.36. The van der Waals surface area contributed by atoms with Gasteiger partial charge in [-0.3, -0.25) is 24.6 Å². The number of ether oxygens (including phenoxy) is 1. The Morgan fingerprint density at radius 3 is 2.55 bits per heavy atom. The molecule has 1 heterocycles. The number of nitro benzene ring substituents is 1. The summed E-state index contributed by atoms with van der Waals surface area (Å²) >= 11 is 3.97. The molecule has 1 aromatic rings. The maximum Gasteiger partial charge on any atom is 0.270 e. The van der Waals surface area contributed by atoms with Crippen molar-refractivity contribution in [3.8, 4) is 0 Å². The third-order valence-corrected chi connectivity index (χ3v) is 3.04. The van der Waals surface area contributed by atoms with Crippen LogP contribution in [-0.4, -0.2) is 47.1 Å². The molecule has 1 aliphatic rings. The number of carbonyl (C=O) groups is 2. The second-order valence-electron chi connectivity index (χ2n) is 4.08. The van der Waals surface area contributed by atoms with Crippen LogP contribution in [0.25, 0.3) is 0 Å². The normalized spacial score (nSPS) is 13.8. The van der Waals surface area contributed by atoms with Crippen LogP contribution in [0.2, 0.25) is 0 Å². The number of nitrogens with zero attached hydrogens (tertiary/aromatic N) is 2. The first-order chi connectivity index (χ1) is 9.56. The average Bonchev–Trinajstić information content (AvgIpc) is 2.67. The molecule has 106 valence electrons. The first-order valence-corrected chi connectivity index (χ1v) is 6.52. The Labute approximate surface area is 120 Å². The first kappa shape index (κ1) is 14.5. The highest BCUT2D eigenvalue weighted by molar-refractivity contribution is 7.80. The molecule has 0 aliphatic carbocycles. The van der Waals surface area contributed by atoms with E-state index in [1.165, 1.54) is 12.1 Å². The number of nitro groups is 1. The molecule has 0 saturated heterocycles. The van der Waals surface area contributed by atoms with E-state index in [0.29, 0.717) is 12.4 Å². The highest BCUT2D eigenvalue weighted by atomic mass is 32.1. The van der Waals surface area contributed by atoms with Gasteiger partial charge in [0.15, 0.2) is 0 Å². The molecule has 0 unspecified atom stereocenters. The monoisotopic (exact) mass is 296 g/mol. The van der Waals surface area contributed by atoms with Gasteiger partial charge in [0.1, 0.15) is 0 Å². The summed E-state index contributed by atoms with van der Waals surface area (Å²) in [5.74, 6) is -0.425. The van der Waals surface area contributed by atoms with Crippen LogP contribution in [0, 0.1) is 10.1 Å². The second-order valence-corrected chi connectivity index (χ2v) is 4.53. The molecule has 0 fully saturated rings. The van der Waals surface area contributed by atoms with E-state index in [0.717, 1.165) is 11.0 Å². The van der Waals surface area contributed by atoms with Crippen LogP contribution in [0.3, 0.4) is 0 Å². The Morgan fingerprint density at radius 2 is 1.90 bits per heavy atom. The van der Waals surface area contributed by atoms with Crippen LogP contribution in [0.5, 0.6) is 0 Å². The minimum absolute atomic E-state index is 0.0680. The Kier molecular flexibility index (Phi) is 4.35. The SMILES string of the molecule is O=C1c2ccc([N+](=O)[O-])cc2C(=O)N1CCOCCS. The number of non-ortho nitro benzene ring substituents is 1. The van der Waals surface area contributed by atoms with Gasteiger partial charge in [0, 0.05) is 17.9 Å². The van der Waals surface area contributed by atoms with Crippen LogP contribution >= 0.6 is 12.6 Å². The van der Waals surface area contributed by atoms with E-state index in [2.05, 4.69) is 12.6 Å². The van der Waals surface area contributed by atoms with Gasteiger partial charge in [0.25, 0.3) is 17.5 Å². The number of rotatable bonds is 6. The number of fused-ring (bicyclic) bond motifs is 1. The standard InChI is InChI=1S/C12H12N2O5S/c15-11-9-2-1-8(14(17)18)7-10(9)12(16)13(11)3-4-19-5-6-20/h1-2,7,20H,3-6H2. The Bertz CT molecular complexity index is 575. The van der Waals surface area contributed by atoms with Crippen molar-refractivity contribution < 1.29 is 19.2 Å². The molecule has 0 aromatic heterocycles. The summed E-state index contributed by atoms with van der Waals surface area (Å²) in [6.07, 6.45) is 0.